The highest BCUT2D eigenvalue weighted by Gasteiger charge is 2.37. The molecule has 0 aliphatic heterocycles. The molecule has 0 rings (SSSR count). The van der Waals surface area contributed by atoms with Crippen LogP contribution < -0.4 is 11.5 Å². The van der Waals surface area contributed by atoms with Crippen LogP contribution >= 0.6 is 0 Å². The van der Waals surface area contributed by atoms with Crippen molar-refractivity contribution in [1.29, 1.82) is 0 Å². The number of carbonyl (C=O) groups is 1. The number of primary amides is 1. The number of hydrogen-bond acceptors (Lipinski definition) is 2. The standard InChI is InChI=1S/C14H29N2O/c1-5-12(8-6-7-9-15)14(4,11(2)3)10-13(16)17/h11H,5-10,15H2,1-4H3,(H2,16,17). The van der Waals surface area contributed by atoms with Crippen molar-refractivity contribution in [3.63, 3.8) is 0 Å². The maximum atomic E-state index is 11.3. The summed E-state index contributed by atoms with van der Waals surface area (Å²) >= 11 is 0. The summed E-state index contributed by atoms with van der Waals surface area (Å²) in [5.74, 6) is 1.69. The van der Waals surface area contributed by atoms with E-state index in [1.54, 1.807) is 0 Å². The van der Waals surface area contributed by atoms with Gasteiger partial charge in [0.05, 0.1) is 0 Å². The van der Waals surface area contributed by atoms with Crippen molar-refractivity contribution in [2.45, 2.75) is 59.8 Å². The number of amides is 1. The Hall–Kier alpha value is -0.570. The fourth-order valence-electron chi connectivity index (χ4n) is 2.45. The predicted octanol–water partition coefficient (Wildman–Crippen LogP) is 2.64. The minimum Gasteiger partial charge on any atom is -0.370 e. The Kier molecular flexibility index (Phi) is 7.44. The lowest BCUT2D eigenvalue weighted by molar-refractivity contribution is -0.120. The molecule has 3 heteroatoms. The molecule has 0 aromatic carbocycles. The van der Waals surface area contributed by atoms with Gasteiger partial charge in [-0.2, -0.15) is 0 Å². The van der Waals surface area contributed by atoms with Gasteiger partial charge in [0.1, 0.15) is 0 Å². The molecule has 17 heavy (non-hydrogen) atoms. The van der Waals surface area contributed by atoms with Gasteiger partial charge in [0.25, 0.3) is 0 Å². The molecule has 1 radical (unpaired) electrons. The van der Waals surface area contributed by atoms with E-state index < -0.39 is 0 Å². The van der Waals surface area contributed by atoms with Crippen LogP contribution in [0.4, 0.5) is 0 Å². The van der Waals surface area contributed by atoms with Gasteiger partial charge >= 0.3 is 0 Å². The zero-order valence-electron chi connectivity index (χ0n) is 11.9. The Morgan fingerprint density at radius 2 is 1.88 bits per heavy atom. The second-order valence-electron chi connectivity index (χ2n) is 5.42. The highest BCUT2D eigenvalue weighted by atomic mass is 16.1. The molecule has 0 aromatic rings. The lowest BCUT2D eigenvalue weighted by Crippen LogP contribution is -2.35. The molecule has 1 amide bonds. The van der Waals surface area contributed by atoms with Gasteiger partial charge in [-0.1, -0.05) is 34.1 Å². The minimum absolute atomic E-state index is 0.0603. The monoisotopic (exact) mass is 241 g/mol. The molecule has 0 spiro atoms. The van der Waals surface area contributed by atoms with E-state index >= 15 is 0 Å². The summed E-state index contributed by atoms with van der Waals surface area (Å²) in [5.41, 5.74) is 10.9. The van der Waals surface area contributed by atoms with Gasteiger partial charge in [-0.25, -0.2) is 0 Å². The third-order valence-electron chi connectivity index (χ3n) is 3.98. The lowest BCUT2D eigenvalue weighted by atomic mass is 9.64. The second-order valence-corrected chi connectivity index (χ2v) is 5.42. The summed E-state index contributed by atoms with van der Waals surface area (Å²) in [6, 6.07) is 0. The molecule has 1 atom stereocenters. The summed E-state index contributed by atoms with van der Waals surface area (Å²) in [7, 11) is 0. The maximum absolute atomic E-state index is 11.3. The van der Waals surface area contributed by atoms with E-state index in [0.29, 0.717) is 12.3 Å². The van der Waals surface area contributed by atoms with Crippen LogP contribution in [-0.2, 0) is 4.79 Å². The van der Waals surface area contributed by atoms with Crippen LogP contribution in [0.3, 0.4) is 0 Å². The Morgan fingerprint density at radius 3 is 2.24 bits per heavy atom. The summed E-state index contributed by atoms with van der Waals surface area (Å²) < 4.78 is 0. The first-order valence-electron chi connectivity index (χ1n) is 6.72. The first-order chi connectivity index (χ1) is 7.88. The summed E-state index contributed by atoms with van der Waals surface area (Å²) in [4.78, 5) is 11.3. The molecule has 0 saturated carbocycles. The Morgan fingerprint density at radius 1 is 1.29 bits per heavy atom. The predicted molar refractivity (Wildman–Crippen MR) is 73.2 cm³/mol. The topological polar surface area (TPSA) is 69.1 Å². The van der Waals surface area contributed by atoms with Crippen LogP contribution in [0.15, 0.2) is 0 Å². The van der Waals surface area contributed by atoms with Crippen molar-refractivity contribution in [2.75, 3.05) is 6.54 Å². The molecular weight excluding hydrogens is 212 g/mol. The average Bonchev–Trinajstić information content (AvgIpc) is 2.23. The molecule has 0 aromatic heterocycles. The van der Waals surface area contributed by atoms with Gasteiger partial charge in [-0.05, 0) is 43.1 Å². The maximum Gasteiger partial charge on any atom is 0.217 e. The number of carbonyl (C=O) groups excluding carboxylic acids is 1. The molecule has 3 nitrogen and oxygen atoms in total. The zero-order chi connectivity index (χ0) is 13.5. The van der Waals surface area contributed by atoms with Crippen LogP contribution in [0.25, 0.3) is 0 Å². The van der Waals surface area contributed by atoms with E-state index in [1.807, 2.05) is 0 Å². The first kappa shape index (κ1) is 16.4. The van der Waals surface area contributed by atoms with Gasteiger partial charge in [0, 0.05) is 6.42 Å². The smallest absolute Gasteiger partial charge is 0.217 e. The van der Waals surface area contributed by atoms with Crippen LogP contribution in [-0.4, -0.2) is 12.5 Å². The van der Waals surface area contributed by atoms with Crippen LogP contribution in [0.1, 0.15) is 59.8 Å². The van der Waals surface area contributed by atoms with E-state index in [0.717, 1.165) is 32.2 Å². The Labute approximate surface area is 106 Å². The molecule has 0 aliphatic rings. The quantitative estimate of drug-likeness (QED) is 0.609. The zero-order valence-corrected chi connectivity index (χ0v) is 11.9. The van der Waals surface area contributed by atoms with Gasteiger partial charge in [0.2, 0.25) is 5.91 Å². The van der Waals surface area contributed by atoms with Crippen molar-refractivity contribution in [2.24, 2.45) is 22.8 Å². The summed E-state index contributed by atoms with van der Waals surface area (Å²) in [6.45, 7) is 9.41. The fraction of sp³-hybridized carbons (Fsp3) is 0.857. The molecule has 0 saturated heterocycles. The third kappa shape index (κ3) is 5.07. The normalized spacial score (nSPS) is 15.2. The Bertz CT molecular complexity index is 228. The van der Waals surface area contributed by atoms with Crippen LogP contribution in [0, 0.1) is 17.3 Å². The van der Waals surface area contributed by atoms with Crippen molar-refractivity contribution < 1.29 is 4.79 Å². The number of unbranched alkanes of at least 4 members (excludes halogenated alkanes) is 1. The minimum atomic E-state index is -0.203. The van der Waals surface area contributed by atoms with Crippen molar-refractivity contribution in [3.8, 4) is 0 Å². The van der Waals surface area contributed by atoms with Crippen molar-refractivity contribution in [3.05, 3.63) is 5.92 Å². The third-order valence-corrected chi connectivity index (χ3v) is 3.98. The highest BCUT2D eigenvalue weighted by molar-refractivity contribution is 5.75. The van der Waals surface area contributed by atoms with Gasteiger partial charge < -0.3 is 11.5 Å². The highest BCUT2D eigenvalue weighted by Crippen LogP contribution is 2.44. The molecule has 0 aliphatic carbocycles. The largest absolute Gasteiger partial charge is 0.370 e. The van der Waals surface area contributed by atoms with Gasteiger partial charge in [-0.3, -0.25) is 4.79 Å². The van der Waals surface area contributed by atoms with Gasteiger partial charge in [-0.15, -0.1) is 0 Å². The number of rotatable bonds is 9. The summed E-state index contributed by atoms with van der Waals surface area (Å²) in [5, 5.41) is 0. The fourth-order valence-corrected chi connectivity index (χ4v) is 2.45. The molecule has 0 heterocycles. The van der Waals surface area contributed by atoms with E-state index in [2.05, 4.69) is 27.7 Å². The van der Waals surface area contributed by atoms with E-state index in [9.17, 15) is 4.79 Å². The molecule has 101 valence electrons. The van der Waals surface area contributed by atoms with Crippen molar-refractivity contribution >= 4 is 5.91 Å². The number of hydrogen-bond donors (Lipinski definition) is 2. The molecular formula is C14H29N2O. The average molecular weight is 241 g/mol. The summed E-state index contributed by atoms with van der Waals surface area (Å²) in [6.07, 6.45) is 4.70. The van der Waals surface area contributed by atoms with E-state index in [1.165, 1.54) is 5.92 Å². The van der Waals surface area contributed by atoms with E-state index in [-0.39, 0.29) is 11.3 Å². The van der Waals surface area contributed by atoms with Crippen LogP contribution in [0.5, 0.6) is 0 Å². The molecule has 0 bridgehead atoms. The molecule has 1 unspecified atom stereocenters. The molecule has 4 N–H and O–H groups in total. The van der Waals surface area contributed by atoms with Crippen LogP contribution in [0.2, 0.25) is 0 Å². The van der Waals surface area contributed by atoms with Gasteiger partial charge in [0.15, 0.2) is 0 Å². The number of nitrogens with two attached hydrogens (primary N) is 2. The molecule has 0 fully saturated rings. The Balaban J connectivity index is 4.67. The van der Waals surface area contributed by atoms with Crippen molar-refractivity contribution in [1.82, 2.24) is 0 Å². The lowest BCUT2D eigenvalue weighted by Gasteiger charge is -2.40. The van der Waals surface area contributed by atoms with E-state index in [4.69, 9.17) is 11.5 Å². The SMILES string of the molecule is CC[C](CCCCN)C(C)(CC(N)=O)C(C)C. The first-order valence-corrected chi connectivity index (χ1v) is 6.72. The second kappa shape index (κ2) is 7.70.